The van der Waals surface area contributed by atoms with Gasteiger partial charge >= 0.3 is 5.97 Å². The molecule has 0 aromatic heterocycles. The quantitative estimate of drug-likeness (QED) is 0.890. The molecule has 17 heavy (non-hydrogen) atoms. The SMILES string of the molecule is NC(CC(=O)O)c1c(Br)cc2c(c1F)OCO2. The van der Waals surface area contributed by atoms with Crippen molar-refractivity contribution >= 4 is 21.9 Å². The lowest BCUT2D eigenvalue weighted by molar-refractivity contribution is -0.137. The number of hydrogen-bond acceptors (Lipinski definition) is 4. The summed E-state index contributed by atoms with van der Waals surface area (Å²) < 4.78 is 24.4. The fourth-order valence-electron chi connectivity index (χ4n) is 1.62. The Morgan fingerprint density at radius 1 is 1.65 bits per heavy atom. The van der Waals surface area contributed by atoms with Crippen LogP contribution in [0.1, 0.15) is 18.0 Å². The third kappa shape index (κ3) is 2.20. The molecule has 5 nitrogen and oxygen atoms in total. The Labute approximate surface area is 104 Å². The Balaban J connectivity index is 2.44. The standard InChI is InChI=1S/C10H9BrFNO4/c11-4-1-6-10(17-3-16-6)9(12)8(4)5(13)2-7(14)15/h1,5H,2-3,13H2,(H,14,15). The molecule has 1 aliphatic rings. The minimum Gasteiger partial charge on any atom is -0.481 e. The number of nitrogens with two attached hydrogens (primary N) is 1. The maximum Gasteiger partial charge on any atom is 0.305 e. The summed E-state index contributed by atoms with van der Waals surface area (Å²) in [4.78, 5) is 10.6. The van der Waals surface area contributed by atoms with E-state index >= 15 is 0 Å². The summed E-state index contributed by atoms with van der Waals surface area (Å²) in [6.45, 7) is -0.0592. The van der Waals surface area contributed by atoms with E-state index in [1.54, 1.807) is 0 Å². The van der Waals surface area contributed by atoms with Gasteiger partial charge in [-0.15, -0.1) is 0 Å². The Morgan fingerprint density at radius 2 is 2.35 bits per heavy atom. The van der Waals surface area contributed by atoms with E-state index in [0.717, 1.165) is 0 Å². The Kier molecular flexibility index (Phi) is 3.21. The van der Waals surface area contributed by atoms with Gasteiger partial charge in [0.1, 0.15) is 0 Å². The summed E-state index contributed by atoms with van der Waals surface area (Å²) in [6.07, 6.45) is -0.366. The number of carbonyl (C=O) groups is 1. The molecule has 1 heterocycles. The van der Waals surface area contributed by atoms with Crippen molar-refractivity contribution < 1.29 is 23.8 Å². The molecule has 0 spiro atoms. The largest absolute Gasteiger partial charge is 0.481 e. The van der Waals surface area contributed by atoms with E-state index in [0.29, 0.717) is 4.47 Å². The summed E-state index contributed by atoms with van der Waals surface area (Å²) in [6, 6.07) is 0.569. The molecule has 7 heteroatoms. The predicted molar refractivity (Wildman–Crippen MR) is 59.4 cm³/mol. The van der Waals surface area contributed by atoms with E-state index in [1.807, 2.05) is 0 Å². The van der Waals surface area contributed by atoms with Crippen LogP contribution < -0.4 is 15.2 Å². The highest BCUT2D eigenvalue weighted by molar-refractivity contribution is 9.10. The third-order valence-corrected chi connectivity index (χ3v) is 3.01. The van der Waals surface area contributed by atoms with Gasteiger partial charge in [-0.25, -0.2) is 4.39 Å². The van der Waals surface area contributed by atoms with Crippen LogP contribution in [0.25, 0.3) is 0 Å². The van der Waals surface area contributed by atoms with Crippen molar-refractivity contribution in [2.75, 3.05) is 6.79 Å². The van der Waals surface area contributed by atoms with Crippen LogP contribution in [-0.4, -0.2) is 17.9 Å². The number of benzene rings is 1. The smallest absolute Gasteiger partial charge is 0.305 e. The number of carboxylic acid groups (broad SMARTS) is 1. The summed E-state index contributed by atoms with van der Waals surface area (Å²) in [5.41, 5.74) is 5.72. The molecular weight excluding hydrogens is 297 g/mol. The van der Waals surface area contributed by atoms with Crippen LogP contribution in [0.2, 0.25) is 0 Å². The van der Waals surface area contributed by atoms with Crippen molar-refractivity contribution in [2.45, 2.75) is 12.5 Å². The molecule has 1 aliphatic heterocycles. The summed E-state index contributed by atoms with van der Waals surface area (Å²) in [7, 11) is 0. The van der Waals surface area contributed by atoms with Gasteiger partial charge in [0.05, 0.1) is 6.42 Å². The first kappa shape index (κ1) is 12.1. The fourth-order valence-corrected chi connectivity index (χ4v) is 2.29. The van der Waals surface area contributed by atoms with Crippen molar-refractivity contribution in [1.82, 2.24) is 0 Å². The summed E-state index contributed by atoms with van der Waals surface area (Å²) in [5.74, 6) is -1.52. The van der Waals surface area contributed by atoms with Gasteiger partial charge in [-0.1, -0.05) is 15.9 Å². The van der Waals surface area contributed by atoms with Gasteiger partial charge in [0.2, 0.25) is 12.5 Å². The second-order valence-electron chi connectivity index (χ2n) is 3.52. The normalized spacial score (nSPS) is 14.8. The number of carboxylic acids is 1. The molecule has 92 valence electrons. The number of rotatable bonds is 3. The summed E-state index contributed by atoms with van der Waals surface area (Å²) >= 11 is 3.14. The van der Waals surface area contributed by atoms with Crippen molar-refractivity contribution in [3.8, 4) is 11.5 Å². The molecule has 0 bridgehead atoms. The van der Waals surface area contributed by atoms with Crippen LogP contribution in [-0.2, 0) is 4.79 Å². The number of ether oxygens (including phenoxy) is 2. The Bertz CT molecular complexity index is 480. The Hall–Kier alpha value is -1.34. The number of aliphatic carboxylic acids is 1. The van der Waals surface area contributed by atoms with E-state index in [-0.39, 0.29) is 30.3 Å². The maximum absolute atomic E-state index is 14.0. The second-order valence-corrected chi connectivity index (χ2v) is 4.38. The molecule has 3 N–H and O–H groups in total. The molecule has 1 unspecified atom stereocenters. The molecule has 0 fully saturated rings. The molecule has 1 aromatic rings. The minimum absolute atomic E-state index is 0.0240. The molecule has 0 saturated carbocycles. The lowest BCUT2D eigenvalue weighted by Crippen LogP contribution is -2.17. The maximum atomic E-state index is 14.0. The van der Waals surface area contributed by atoms with Crippen LogP contribution in [0.15, 0.2) is 10.5 Å². The van der Waals surface area contributed by atoms with Crippen molar-refractivity contribution in [3.63, 3.8) is 0 Å². The first-order valence-corrected chi connectivity index (χ1v) is 5.55. The van der Waals surface area contributed by atoms with E-state index in [4.69, 9.17) is 20.3 Å². The first-order valence-electron chi connectivity index (χ1n) is 4.75. The number of hydrogen-bond donors (Lipinski definition) is 2. The molecule has 1 aromatic carbocycles. The Morgan fingerprint density at radius 3 is 3.00 bits per heavy atom. The van der Waals surface area contributed by atoms with Gasteiger partial charge in [-0.05, 0) is 6.07 Å². The molecule has 1 atom stereocenters. The molecular formula is C10H9BrFNO4. The zero-order valence-electron chi connectivity index (χ0n) is 8.57. The fraction of sp³-hybridized carbons (Fsp3) is 0.300. The van der Waals surface area contributed by atoms with Gasteiger partial charge in [-0.3, -0.25) is 4.79 Å². The highest BCUT2D eigenvalue weighted by Gasteiger charge is 2.27. The van der Waals surface area contributed by atoms with E-state index in [9.17, 15) is 9.18 Å². The minimum atomic E-state index is -1.10. The van der Waals surface area contributed by atoms with Crippen LogP contribution in [0.4, 0.5) is 4.39 Å². The summed E-state index contributed by atoms with van der Waals surface area (Å²) in [5, 5.41) is 8.65. The van der Waals surface area contributed by atoms with Crippen LogP contribution in [0.5, 0.6) is 11.5 Å². The monoisotopic (exact) mass is 305 g/mol. The zero-order chi connectivity index (χ0) is 12.6. The van der Waals surface area contributed by atoms with Gasteiger partial charge in [0.25, 0.3) is 0 Å². The van der Waals surface area contributed by atoms with Gasteiger partial charge < -0.3 is 20.3 Å². The predicted octanol–water partition coefficient (Wildman–Crippen LogP) is 1.79. The second kappa shape index (κ2) is 4.50. The van der Waals surface area contributed by atoms with Crippen molar-refractivity contribution in [2.24, 2.45) is 5.73 Å². The van der Waals surface area contributed by atoms with Crippen molar-refractivity contribution in [1.29, 1.82) is 0 Å². The lowest BCUT2D eigenvalue weighted by atomic mass is 10.0. The first-order chi connectivity index (χ1) is 8.00. The molecule has 2 rings (SSSR count). The average Bonchev–Trinajstić information content (AvgIpc) is 2.64. The van der Waals surface area contributed by atoms with E-state index < -0.39 is 17.8 Å². The number of halogens is 2. The molecule has 0 aliphatic carbocycles. The molecule has 0 amide bonds. The van der Waals surface area contributed by atoms with E-state index in [2.05, 4.69) is 15.9 Å². The van der Waals surface area contributed by atoms with Crippen LogP contribution in [0.3, 0.4) is 0 Å². The topological polar surface area (TPSA) is 81.8 Å². The zero-order valence-corrected chi connectivity index (χ0v) is 10.2. The number of fused-ring (bicyclic) bond motifs is 1. The molecule has 0 saturated heterocycles. The lowest BCUT2D eigenvalue weighted by Gasteiger charge is -2.14. The van der Waals surface area contributed by atoms with Gasteiger partial charge in [0, 0.05) is 16.1 Å². The highest BCUT2D eigenvalue weighted by Crippen LogP contribution is 2.42. The van der Waals surface area contributed by atoms with Crippen LogP contribution >= 0.6 is 15.9 Å². The molecule has 0 radical (unpaired) electrons. The van der Waals surface area contributed by atoms with Crippen molar-refractivity contribution in [3.05, 3.63) is 21.9 Å². The van der Waals surface area contributed by atoms with Gasteiger partial charge in [0.15, 0.2) is 11.6 Å². The average molecular weight is 306 g/mol. The van der Waals surface area contributed by atoms with E-state index in [1.165, 1.54) is 6.07 Å². The third-order valence-electron chi connectivity index (χ3n) is 2.36. The highest BCUT2D eigenvalue weighted by atomic mass is 79.9. The van der Waals surface area contributed by atoms with Crippen LogP contribution in [0, 0.1) is 5.82 Å². The van der Waals surface area contributed by atoms with Gasteiger partial charge in [-0.2, -0.15) is 0 Å².